The zero-order chi connectivity index (χ0) is 8.57. The lowest BCUT2D eigenvalue weighted by Crippen LogP contribution is -2.11. The van der Waals surface area contributed by atoms with Crippen LogP contribution in [0.4, 0.5) is 0 Å². The van der Waals surface area contributed by atoms with Gasteiger partial charge in [-0.05, 0) is 0 Å². The molecule has 0 fully saturated rings. The first-order chi connectivity index (χ1) is 4.54. The Hall–Kier alpha value is -1.06. The van der Waals surface area contributed by atoms with Crippen LogP contribution in [0.3, 0.4) is 0 Å². The van der Waals surface area contributed by atoms with E-state index in [1.54, 1.807) is 14.1 Å². The van der Waals surface area contributed by atoms with Gasteiger partial charge < -0.3 is 10.6 Å². The highest BCUT2D eigenvalue weighted by Gasteiger charge is 1.73. The molecule has 0 aromatic heterocycles. The van der Waals surface area contributed by atoms with Gasteiger partial charge in [-0.3, -0.25) is 9.59 Å². The zero-order valence-corrected chi connectivity index (χ0v) is 6.82. The van der Waals surface area contributed by atoms with Crippen LogP contribution < -0.4 is 10.6 Å². The van der Waals surface area contributed by atoms with E-state index in [-0.39, 0.29) is 41.5 Å². The summed E-state index contributed by atoms with van der Waals surface area (Å²) in [6.45, 7) is 2.94. The van der Waals surface area contributed by atoms with E-state index in [0.29, 0.717) is 0 Å². The van der Waals surface area contributed by atoms with Gasteiger partial charge in [0.1, 0.15) is 0 Å². The molecule has 0 aromatic carbocycles. The first kappa shape index (κ1) is 38.3. The highest BCUT2D eigenvalue weighted by Crippen LogP contribution is 1.45. The summed E-state index contributed by atoms with van der Waals surface area (Å²) in [4.78, 5) is 19.4. The molecule has 4 nitrogen and oxygen atoms in total. The van der Waals surface area contributed by atoms with Crippen molar-refractivity contribution < 1.29 is 9.59 Å². The molecule has 0 unspecified atom stereocenters. The van der Waals surface area contributed by atoms with Crippen LogP contribution in [0.5, 0.6) is 0 Å². The van der Waals surface area contributed by atoms with E-state index in [9.17, 15) is 9.59 Å². The first-order valence-electron chi connectivity index (χ1n) is 2.91. The van der Waals surface area contributed by atoms with E-state index in [4.69, 9.17) is 0 Å². The Morgan fingerprint density at radius 2 is 0.786 bits per heavy atom. The van der Waals surface area contributed by atoms with Gasteiger partial charge in [-0.1, -0.05) is 29.7 Å². The van der Waals surface area contributed by atoms with Crippen molar-refractivity contribution in [3.05, 3.63) is 0 Å². The van der Waals surface area contributed by atoms with Crippen molar-refractivity contribution in [3.63, 3.8) is 0 Å². The Balaban J connectivity index is -0.0000000178. The molecule has 0 spiro atoms. The summed E-state index contributed by atoms with van der Waals surface area (Å²) in [5, 5.41) is 4.78. The standard InChI is InChI=1S/2C3H7NO.4CH4/c2*1-3(5)4-2;;;;/h2*1-2H3,(H,4,5);4*1H4. The second-order valence-corrected chi connectivity index (χ2v) is 1.61. The number of nitrogens with one attached hydrogen (secondary N) is 2. The van der Waals surface area contributed by atoms with Gasteiger partial charge in [-0.25, -0.2) is 0 Å². The Bertz CT molecular complexity index is 101. The summed E-state index contributed by atoms with van der Waals surface area (Å²) in [5.41, 5.74) is 0. The predicted octanol–water partition coefficient (Wildman–Crippen LogP) is 2.05. The van der Waals surface area contributed by atoms with Crippen LogP contribution in [0, 0.1) is 0 Å². The van der Waals surface area contributed by atoms with Gasteiger partial charge in [-0.15, -0.1) is 0 Å². The van der Waals surface area contributed by atoms with Gasteiger partial charge in [0, 0.05) is 27.9 Å². The Kier molecular flexibility index (Phi) is 81.2. The fraction of sp³-hybridized carbons (Fsp3) is 0.800. The van der Waals surface area contributed by atoms with Gasteiger partial charge in [0.05, 0.1) is 0 Å². The molecule has 4 heteroatoms. The quantitative estimate of drug-likeness (QED) is 0.643. The molecule has 0 radical (unpaired) electrons. The molecule has 0 aliphatic heterocycles. The SMILES string of the molecule is C.C.C.C.CNC(C)=O.CNC(C)=O. The normalized spacial score (nSPS) is 4.86. The Labute approximate surface area is 90.5 Å². The Morgan fingerprint density at radius 3 is 0.786 bits per heavy atom. The molecular formula is C10H30N2O2. The first-order valence-corrected chi connectivity index (χ1v) is 2.91. The number of rotatable bonds is 0. The lowest BCUT2D eigenvalue weighted by molar-refractivity contribution is -0.119. The van der Waals surface area contributed by atoms with Crippen LogP contribution in [0.25, 0.3) is 0 Å². The van der Waals surface area contributed by atoms with Gasteiger partial charge in [0.25, 0.3) is 0 Å². The largest absolute Gasteiger partial charge is 0.359 e. The smallest absolute Gasteiger partial charge is 0.216 e. The highest BCUT2D eigenvalue weighted by atomic mass is 16.1. The number of hydrogen-bond donors (Lipinski definition) is 2. The lowest BCUT2D eigenvalue weighted by Gasteiger charge is -1.80. The summed E-state index contributed by atoms with van der Waals surface area (Å²) < 4.78 is 0. The average Bonchev–Trinajstić information content (AvgIpc) is 1.89. The second-order valence-electron chi connectivity index (χ2n) is 1.61. The fourth-order valence-electron chi connectivity index (χ4n) is 0. The molecule has 2 amide bonds. The third-order valence-corrected chi connectivity index (χ3v) is 0.704. The molecule has 92 valence electrons. The Morgan fingerprint density at radius 1 is 0.714 bits per heavy atom. The van der Waals surface area contributed by atoms with Crippen molar-refractivity contribution in [1.82, 2.24) is 10.6 Å². The molecule has 0 rings (SSSR count). The van der Waals surface area contributed by atoms with Crippen molar-refractivity contribution in [2.45, 2.75) is 43.6 Å². The van der Waals surface area contributed by atoms with E-state index in [2.05, 4.69) is 10.6 Å². The summed E-state index contributed by atoms with van der Waals surface area (Å²) in [6.07, 6.45) is 0. The summed E-state index contributed by atoms with van der Waals surface area (Å²) in [6, 6.07) is 0. The van der Waals surface area contributed by atoms with Crippen LogP contribution in [-0.2, 0) is 9.59 Å². The molecule has 0 atom stereocenters. The third-order valence-electron chi connectivity index (χ3n) is 0.704. The second kappa shape index (κ2) is 29.7. The molecule has 0 aliphatic carbocycles. The number of carbonyl (C=O) groups excluding carboxylic acids is 2. The minimum Gasteiger partial charge on any atom is -0.359 e. The number of amides is 2. The molecule has 0 heterocycles. The van der Waals surface area contributed by atoms with E-state index < -0.39 is 0 Å². The van der Waals surface area contributed by atoms with Gasteiger partial charge in [0.2, 0.25) is 11.8 Å². The molecule has 0 saturated heterocycles. The molecular weight excluding hydrogens is 180 g/mol. The van der Waals surface area contributed by atoms with E-state index in [1.165, 1.54) is 13.8 Å². The fourth-order valence-corrected chi connectivity index (χ4v) is 0. The monoisotopic (exact) mass is 210 g/mol. The van der Waals surface area contributed by atoms with Crippen molar-refractivity contribution in [3.8, 4) is 0 Å². The maximum Gasteiger partial charge on any atom is 0.216 e. The van der Waals surface area contributed by atoms with E-state index in [1.807, 2.05) is 0 Å². The highest BCUT2D eigenvalue weighted by molar-refractivity contribution is 5.72. The maximum atomic E-state index is 9.70. The zero-order valence-electron chi connectivity index (χ0n) is 6.82. The topological polar surface area (TPSA) is 58.2 Å². The van der Waals surface area contributed by atoms with Crippen molar-refractivity contribution in [2.75, 3.05) is 14.1 Å². The van der Waals surface area contributed by atoms with Gasteiger partial charge in [0.15, 0.2) is 0 Å². The minimum atomic E-state index is 0. The summed E-state index contributed by atoms with van der Waals surface area (Å²) in [5.74, 6) is 0.00926. The summed E-state index contributed by atoms with van der Waals surface area (Å²) >= 11 is 0. The van der Waals surface area contributed by atoms with Crippen LogP contribution in [0.15, 0.2) is 0 Å². The summed E-state index contributed by atoms with van der Waals surface area (Å²) in [7, 11) is 3.20. The maximum absolute atomic E-state index is 9.70. The lowest BCUT2D eigenvalue weighted by atomic mass is 10.7. The van der Waals surface area contributed by atoms with Crippen LogP contribution in [0.1, 0.15) is 43.6 Å². The minimum absolute atomic E-state index is 0. The van der Waals surface area contributed by atoms with Crippen LogP contribution in [-0.4, -0.2) is 25.9 Å². The van der Waals surface area contributed by atoms with Crippen molar-refractivity contribution in [2.24, 2.45) is 0 Å². The molecule has 0 saturated carbocycles. The third kappa shape index (κ3) is 125. The molecule has 0 aromatic rings. The van der Waals surface area contributed by atoms with Crippen LogP contribution >= 0.6 is 0 Å². The van der Waals surface area contributed by atoms with E-state index >= 15 is 0 Å². The molecule has 0 bridgehead atoms. The van der Waals surface area contributed by atoms with Gasteiger partial charge >= 0.3 is 0 Å². The number of hydrogen-bond acceptors (Lipinski definition) is 2. The van der Waals surface area contributed by atoms with Crippen LogP contribution in [0.2, 0.25) is 0 Å². The predicted molar refractivity (Wildman–Crippen MR) is 66.4 cm³/mol. The number of carbonyl (C=O) groups is 2. The average molecular weight is 210 g/mol. The van der Waals surface area contributed by atoms with Gasteiger partial charge in [-0.2, -0.15) is 0 Å². The molecule has 0 aliphatic rings. The van der Waals surface area contributed by atoms with Crippen molar-refractivity contribution in [1.29, 1.82) is 0 Å². The van der Waals surface area contributed by atoms with Crippen molar-refractivity contribution >= 4 is 11.8 Å². The van der Waals surface area contributed by atoms with E-state index in [0.717, 1.165) is 0 Å². The molecule has 2 N–H and O–H groups in total. The molecule has 14 heavy (non-hydrogen) atoms.